The van der Waals surface area contributed by atoms with Gasteiger partial charge in [-0.25, -0.2) is 9.37 Å². The van der Waals surface area contributed by atoms with Gasteiger partial charge in [-0.2, -0.15) is 0 Å². The normalized spacial score (nSPS) is 17.1. The van der Waals surface area contributed by atoms with Crippen LogP contribution in [0.2, 0.25) is 0 Å². The van der Waals surface area contributed by atoms with Crippen molar-refractivity contribution in [1.82, 2.24) is 4.58 Å². The van der Waals surface area contributed by atoms with Crippen molar-refractivity contribution >= 4 is 28.4 Å². The summed E-state index contributed by atoms with van der Waals surface area (Å²) in [4.78, 5) is 14.3. The highest BCUT2D eigenvalue weighted by molar-refractivity contribution is 5.92. The van der Waals surface area contributed by atoms with Gasteiger partial charge in [-0.15, -0.1) is 0 Å². The van der Waals surface area contributed by atoms with Gasteiger partial charge in [0.2, 0.25) is 5.36 Å². The Kier molecular flexibility index (Phi) is 6.68. The Morgan fingerprint density at radius 3 is 2.02 bits per heavy atom. The number of fused-ring (bicyclic) bond motifs is 4. The average molecular weight is 610 g/mol. The summed E-state index contributed by atoms with van der Waals surface area (Å²) in [6.07, 6.45) is 4.70. The number of nitrogens with zero attached hydrogens (tertiary/aromatic N) is 2. The number of ether oxygens (including phenoxy) is 2. The van der Waals surface area contributed by atoms with Crippen molar-refractivity contribution in [3.63, 3.8) is 0 Å². The molecule has 0 fully saturated rings. The van der Waals surface area contributed by atoms with Crippen LogP contribution < -0.4 is 24.8 Å². The van der Waals surface area contributed by atoms with Crippen LogP contribution in [0.25, 0.3) is 27.8 Å². The zero-order valence-electron chi connectivity index (χ0n) is 28.2. The Bertz CT molecular complexity index is 2150. The minimum atomic E-state index is -0.334. The largest absolute Gasteiger partial charge is 0.465 e. The highest BCUT2D eigenvalue weighted by Crippen LogP contribution is 2.46. The second kappa shape index (κ2) is 10.3. The fraction of sp³-hybridized carbons (Fsp3) is 0.268. The number of carbonyl (C=O) groups is 1. The molecular formula is C41H41N2O3+. The molecule has 0 amide bonds. The number of esters is 1. The third-order valence-electron chi connectivity index (χ3n) is 10.2. The lowest BCUT2D eigenvalue weighted by Gasteiger charge is -2.41. The molecule has 4 aromatic carbocycles. The number of methoxy groups -OCH3 is 1. The van der Waals surface area contributed by atoms with Crippen LogP contribution in [0.4, 0.5) is 5.69 Å². The summed E-state index contributed by atoms with van der Waals surface area (Å²) in [6.45, 7) is 13.4. The maximum Gasteiger partial charge on any atom is 0.337 e. The van der Waals surface area contributed by atoms with Gasteiger partial charge in [0.1, 0.15) is 18.5 Å². The zero-order chi connectivity index (χ0) is 32.7. The summed E-state index contributed by atoms with van der Waals surface area (Å²) in [7, 11) is 5.72. The molecular weight excluding hydrogens is 568 g/mol. The molecule has 3 heterocycles. The molecule has 46 heavy (non-hydrogen) atoms. The summed E-state index contributed by atoms with van der Waals surface area (Å²) >= 11 is 0. The van der Waals surface area contributed by atoms with Gasteiger partial charge < -0.3 is 14.4 Å². The van der Waals surface area contributed by atoms with Crippen molar-refractivity contribution in [2.45, 2.75) is 52.6 Å². The van der Waals surface area contributed by atoms with Gasteiger partial charge in [-0.1, -0.05) is 42.5 Å². The topological polar surface area (TPSA) is 41.8 Å². The minimum Gasteiger partial charge on any atom is -0.465 e. The van der Waals surface area contributed by atoms with E-state index in [-0.39, 0.29) is 17.0 Å². The van der Waals surface area contributed by atoms with E-state index in [0.717, 1.165) is 44.5 Å². The average Bonchev–Trinajstić information content (AvgIpc) is 3.03. The number of rotatable bonds is 3. The molecule has 0 saturated carbocycles. The second-order valence-corrected chi connectivity index (χ2v) is 13.9. The standard InChI is InChI=1S/C41H41N2O3/c1-24-22-40(3,4)42(7)34-20-36-32(18-30(24)34)38(28-14-10-26(11-15-28)27-12-16-29(17-13-27)39(44)45-9)33-19-31-25(2)23-41(5,6)43(8)35(31)21-37(33)46-36/h10-23H,1-9H3/q+1. The lowest BCUT2D eigenvalue weighted by molar-refractivity contribution is 0.0600. The first-order chi connectivity index (χ1) is 21.8. The number of hydrogen-bond acceptors (Lipinski definition) is 4. The van der Waals surface area contributed by atoms with E-state index in [9.17, 15) is 4.79 Å². The van der Waals surface area contributed by atoms with E-state index < -0.39 is 0 Å². The lowest BCUT2D eigenvalue weighted by Crippen LogP contribution is -2.47. The smallest absolute Gasteiger partial charge is 0.337 e. The maximum atomic E-state index is 12.0. The Balaban J connectivity index is 1.46. The van der Waals surface area contributed by atoms with Gasteiger partial charge in [0.15, 0.2) is 5.54 Å². The maximum absolute atomic E-state index is 12.0. The van der Waals surface area contributed by atoms with Crippen molar-refractivity contribution < 1.29 is 14.3 Å². The van der Waals surface area contributed by atoms with Gasteiger partial charge >= 0.3 is 5.97 Å². The minimum absolute atomic E-state index is 0.105. The van der Waals surface area contributed by atoms with Crippen LogP contribution in [0.1, 0.15) is 74.2 Å². The van der Waals surface area contributed by atoms with Crippen LogP contribution in [0.3, 0.4) is 0 Å². The van der Waals surface area contributed by atoms with Crippen LogP contribution >= 0.6 is 0 Å². The van der Waals surface area contributed by atoms with Gasteiger partial charge in [0, 0.05) is 60.1 Å². The molecule has 3 aliphatic heterocycles. The second-order valence-electron chi connectivity index (χ2n) is 13.9. The highest BCUT2D eigenvalue weighted by atomic mass is 16.5. The molecule has 0 N–H and O–H groups in total. The van der Waals surface area contributed by atoms with Gasteiger partial charge in [-0.3, -0.25) is 0 Å². The summed E-state index contributed by atoms with van der Waals surface area (Å²) in [5.74, 6) is 1.40. The van der Waals surface area contributed by atoms with Gasteiger partial charge in [0.25, 0.3) is 0 Å². The zero-order valence-corrected chi connectivity index (χ0v) is 28.2. The first kappa shape index (κ1) is 29.8. The lowest BCUT2D eigenvalue weighted by atomic mass is 9.84. The van der Waals surface area contributed by atoms with E-state index >= 15 is 0 Å². The molecule has 0 spiro atoms. The molecule has 4 aromatic rings. The van der Waals surface area contributed by atoms with E-state index in [1.54, 1.807) is 0 Å². The molecule has 0 aliphatic carbocycles. The van der Waals surface area contributed by atoms with E-state index in [1.807, 2.05) is 24.3 Å². The predicted octanol–water partition coefficient (Wildman–Crippen LogP) is 7.44. The first-order valence-corrected chi connectivity index (χ1v) is 15.9. The number of hydrogen-bond donors (Lipinski definition) is 0. The number of carbonyl (C=O) groups excluding carboxylic acids is 1. The molecule has 5 heteroatoms. The third-order valence-corrected chi connectivity index (χ3v) is 10.2. The summed E-state index contributed by atoms with van der Waals surface area (Å²) < 4.78 is 14.1. The predicted molar refractivity (Wildman–Crippen MR) is 188 cm³/mol. The van der Waals surface area contributed by atoms with Crippen molar-refractivity contribution in [1.29, 1.82) is 0 Å². The number of likely N-dealkylation sites (N-methyl/N-ethyl adjacent to an activating group) is 2. The molecule has 0 saturated heterocycles. The van der Waals surface area contributed by atoms with E-state index in [1.165, 1.54) is 40.4 Å². The van der Waals surface area contributed by atoms with Gasteiger partial charge in [-0.05, 0) is 85.9 Å². The number of anilines is 1. The van der Waals surface area contributed by atoms with Crippen LogP contribution in [0.15, 0.2) is 84.9 Å². The molecule has 0 atom stereocenters. The SMILES string of the molecule is COC(=O)c1ccc(-c2ccc(C3=c4cc5c(cc4Oc4cc6c(cc43)C(C)=CC(C)(C)N6C)=[N+](C)C(C)(C)C=C5C)cc2)cc1. The molecule has 0 radical (unpaired) electrons. The van der Waals surface area contributed by atoms with E-state index in [4.69, 9.17) is 9.47 Å². The van der Waals surface area contributed by atoms with Crippen LogP contribution in [-0.2, 0) is 4.74 Å². The van der Waals surface area contributed by atoms with E-state index in [0.29, 0.717) is 5.56 Å². The first-order valence-electron chi connectivity index (χ1n) is 15.9. The quantitative estimate of drug-likeness (QED) is 0.158. The van der Waals surface area contributed by atoms with Crippen molar-refractivity contribution in [2.75, 3.05) is 26.1 Å². The monoisotopic (exact) mass is 609 g/mol. The van der Waals surface area contributed by atoms with Crippen molar-refractivity contribution in [3.8, 4) is 22.6 Å². The summed E-state index contributed by atoms with van der Waals surface area (Å²) in [5.41, 5.74) is 12.0. The van der Waals surface area contributed by atoms with Crippen molar-refractivity contribution in [2.24, 2.45) is 0 Å². The summed E-state index contributed by atoms with van der Waals surface area (Å²) in [6, 6.07) is 25.3. The van der Waals surface area contributed by atoms with Crippen LogP contribution in [0.5, 0.6) is 11.5 Å². The van der Waals surface area contributed by atoms with Crippen molar-refractivity contribution in [3.05, 3.63) is 123 Å². The Labute approximate surface area is 271 Å². The Morgan fingerprint density at radius 2 is 1.37 bits per heavy atom. The van der Waals surface area contributed by atoms with Crippen LogP contribution in [-0.4, -0.2) is 38.3 Å². The third kappa shape index (κ3) is 4.60. The summed E-state index contributed by atoms with van der Waals surface area (Å²) in [5, 5.41) is 2.26. The molecule has 5 nitrogen and oxygen atoms in total. The molecule has 232 valence electrons. The van der Waals surface area contributed by atoms with Crippen LogP contribution in [0, 0.1) is 0 Å². The highest BCUT2D eigenvalue weighted by Gasteiger charge is 2.34. The van der Waals surface area contributed by atoms with Gasteiger partial charge in [0.05, 0.1) is 24.3 Å². The molecule has 0 aromatic heterocycles. The fourth-order valence-electron chi connectivity index (χ4n) is 7.23. The Morgan fingerprint density at radius 1 is 0.761 bits per heavy atom. The molecule has 0 unspecified atom stereocenters. The number of allylic oxidation sites excluding steroid dienone is 2. The Hall–Kier alpha value is -4.90. The molecule has 0 bridgehead atoms. The molecule has 7 rings (SSSR count). The fourth-order valence-corrected chi connectivity index (χ4v) is 7.23. The molecule has 3 aliphatic rings. The number of benzene rings is 4. The van der Waals surface area contributed by atoms with E-state index in [2.05, 4.69) is 126 Å².